The number of nitrogens with zero attached hydrogens (tertiary/aromatic N) is 1. The first-order valence-corrected chi connectivity index (χ1v) is 5.39. The fourth-order valence-electron chi connectivity index (χ4n) is 2.09. The molecule has 0 aromatic carbocycles. The summed E-state index contributed by atoms with van der Waals surface area (Å²) in [5.41, 5.74) is 2.17. The van der Waals surface area contributed by atoms with Crippen molar-refractivity contribution in [1.29, 1.82) is 0 Å². The smallest absolute Gasteiger partial charge is 0.235 e. The first-order valence-electron chi connectivity index (χ1n) is 5.39. The van der Waals surface area contributed by atoms with Crippen LogP contribution in [0.1, 0.15) is 19.8 Å². The van der Waals surface area contributed by atoms with Crippen molar-refractivity contribution >= 4 is 5.91 Å². The minimum absolute atomic E-state index is 0.0994. The molecule has 1 aliphatic heterocycles. The Morgan fingerprint density at radius 3 is 3.07 bits per heavy atom. The summed E-state index contributed by atoms with van der Waals surface area (Å²) in [5, 5.41) is 0. The number of ether oxygens (including phenoxy) is 1. The standard InChI is InChI=1S/C10H21N3O2/c1-8(5-10(14)12-11)13-4-3-9(6-13)7-15-2/h8-9H,3-7,11H2,1-2H3,(H,12,14). The largest absolute Gasteiger partial charge is 0.384 e. The number of hydrazine groups is 1. The molecule has 1 rings (SSSR count). The molecule has 5 nitrogen and oxygen atoms in total. The van der Waals surface area contributed by atoms with Crippen molar-refractivity contribution in [3.63, 3.8) is 0 Å². The fraction of sp³-hybridized carbons (Fsp3) is 0.900. The predicted octanol–water partition coefficient (Wildman–Crippen LogP) is -0.277. The summed E-state index contributed by atoms with van der Waals surface area (Å²) in [6.45, 7) is 4.94. The highest BCUT2D eigenvalue weighted by molar-refractivity contribution is 5.75. The summed E-state index contributed by atoms with van der Waals surface area (Å²) < 4.78 is 5.13. The highest BCUT2D eigenvalue weighted by Crippen LogP contribution is 2.19. The van der Waals surface area contributed by atoms with E-state index >= 15 is 0 Å². The molecule has 0 saturated carbocycles. The predicted molar refractivity (Wildman–Crippen MR) is 58.0 cm³/mol. The van der Waals surface area contributed by atoms with E-state index in [2.05, 4.69) is 17.2 Å². The van der Waals surface area contributed by atoms with Crippen LogP contribution in [0, 0.1) is 5.92 Å². The van der Waals surface area contributed by atoms with Crippen molar-refractivity contribution in [2.45, 2.75) is 25.8 Å². The number of methoxy groups -OCH3 is 1. The summed E-state index contributed by atoms with van der Waals surface area (Å²) in [7, 11) is 1.73. The first kappa shape index (κ1) is 12.4. The molecular weight excluding hydrogens is 194 g/mol. The van der Waals surface area contributed by atoms with E-state index in [-0.39, 0.29) is 11.9 Å². The van der Waals surface area contributed by atoms with Crippen molar-refractivity contribution in [3.05, 3.63) is 0 Å². The number of nitrogens with one attached hydrogen (secondary N) is 1. The second kappa shape index (κ2) is 6.05. The maximum atomic E-state index is 11.1. The molecule has 5 heteroatoms. The Bertz CT molecular complexity index is 211. The molecule has 0 aromatic heterocycles. The van der Waals surface area contributed by atoms with Gasteiger partial charge in [0.2, 0.25) is 5.91 Å². The van der Waals surface area contributed by atoms with E-state index in [1.54, 1.807) is 7.11 Å². The zero-order chi connectivity index (χ0) is 11.3. The topological polar surface area (TPSA) is 67.6 Å². The van der Waals surface area contributed by atoms with Gasteiger partial charge >= 0.3 is 0 Å². The number of nitrogens with two attached hydrogens (primary N) is 1. The molecule has 2 unspecified atom stereocenters. The number of likely N-dealkylation sites (tertiary alicyclic amines) is 1. The van der Waals surface area contributed by atoms with Crippen LogP contribution in [0.5, 0.6) is 0 Å². The Labute approximate surface area is 90.9 Å². The maximum Gasteiger partial charge on any atom is 0.235 e. The molecule has 0 spiro atoms. The van der Waals surface area contributed by atoms with Crippen molar-refractivity contribution in [3.8, 4) is 0 Å². The fourth-order valence-corrected chi connectivity index (χ4v) is 2.09. The maximum absolute atomic E-state index is 11.1. The van der Waals surface area contributed by atoms with Gasteiger partial charge in [0.15, 0.2) is 0 Å². The first-order chi connectivity index (χ1) is 7.17. The van der Waals surface area contributed by atoms with Gasteiger partial charge in [0.1, 0.15) is 0 Å². The molecule has 15 heavy (non-hydrogen) atoms. The van der Waals surface area contributed by atoms with Crippen LogP contribution in [-0.4, -0.2) is 43.7 Å². The molecule has 1 aliphatic rings. The van der Waals surface area contributed by atoms with Gasteiger partial charge in [-0.15, -0.1) is 0 Å². The highest BCUT2D eigenvalue weighted by Gasteiger charge is 2.26. The summed E-state index contributed by atoms with van der Waals surface area (Å²) in [5.74, 6) is 5.57. The zero-order valence-corrected chi connectivity index (χ0v) is 9.53. The number of hydrogen-bond donors (Lipinski definition) is 2. The van der Waals surface area contributed by atoms with Crippen LogP contribution in [0.15, 0.2) is 0 Å². The number of carbonyl (C=O) groups excluding carboxylic acids is 1. The average molecular weight is 215 g/mol. The van der Waals surface area contributed by atoms with Gasteiger partial charge in [-0.2, -0.15) is 0 Å². The van der Waals surface area contributed by atoms with Gasteiger partial charge in [-0.1, -0.05) is 0 Å². The van der Waals surface area contributed by atoms with Crippen LogP contribution in [-0.2, 0) is 9.53 Å². The lowest BCUT2D eigenvalue weighted by molar-refractivity contribution is -0.122. The number of amides is 1. The minimum atomic E-state index is -0.0994. The van der Waals surface area contributed by atoms with Crippen LogP contribution in [0.4, 0.5) is 0 Å². The molecule has 0 aromatic rings. The van der Waals surface area contributed by atoms with Gasteiger partial charge < -0.3 is 4.74 Å². The molecule has 1 heterocycles. The third-order valence-electron chi connectivity index (χ3n) is 2.98. The lowest BCUT2D eigenvalue weighted by Gasteiger charge is -2.23. The Morgan fingerprint density at radius 1 is 1.73 bits per heavy atom. The second-order valence-corrected chi connectivity index (χ2v) is 4.23. The summed E-state index contributed by atoms with van der Waals surface area (Å²) in [6, 6.07) is 0.260. The minimum Gasteiger partial charge on any atom is -0.384 e. The highest BCUT2D eigenvalue weighted by atomic mass is 16.5. The van der Waals surface area contributed by atoms with E-state index in [9.17, 15) is 4.79 Å². The molecular formula is C10H21N3O2. The third-order valence-corrected chi connectivity index (χ3v) is 2.98. The Balaban J connectivity index is 2.29. The molecule has 1 saturated heterocycles. The quantitative estimate of drug-likeness (QED) is 0.376. The molecule has 1 fully saturated rings. The van der Waals surface area contributed by atoms with Crippen molar-refractivity contribution in [2.24, 2.45) is 11.8 Å². The Morgan fingerprint density at radius 2 is 2.47 bits per heavy atom. The molecule has 0 bridgehead atoms. The average Bonchev–Trinajstić information content (AvgIpc) is 2.67. The normalized spacial score (nSPS) is 24.1. The second-order valence-electron chi connectivity index (χ2n) is 4.23. The molecule has 1 amide bonds. The van der Waals surface area contributed by atoms with E-state index in [1.165, 1.54) is 0 Å². The van der Waals surface area contributed by atoms with Gasteiger partial charge in [0, 0.05) is 26.1 Å². The third kappa shape index (κ3) is 3.77. The number of carbonyl (C=O) groups is 1. The number of rotatable bonds is 5. The van der Waals surface area contributed by atoms with E-state index < -0.39 is 0 Å². The lowest BCUT2D eigenvalue weighted by atomic mass is 10.1. The van der Waals surface area contributed by atoms with Gasteiger partial charge in [0.05, 0.1) is 6.61 Å². The van der Waals surface area contributed by atoms with E-state index in [0.29, 0.717) is 12.3 Å². The van der Waals surface area contributed by atoms with Crippen molar-refractivity contribution < 1.29 is 9.53 Å². The van der Waals surface area contributed by atoms with Crippen LogP contribution < -0.4 is 11.3 Å². The summed E-state index contributed by atoms with van der Waals surface area (Å²) in [4.78, 5) is 13.4. The van der Waals surface area contributed by atoms with Crippen molar-refractivity contribution in [2.75, 3.05) is 26.8 Å². The van der Waals surface area contributed by atoms with E-state index in [4.69, 9.17) is 10.6 Å². The van der Waals surface area contributed by atoms with Crippen LogP contribution in [0.25, 0.3) is 0 Å². The van der Waals surface area contributed by atoms with E-state index in [0.717, 1.165) is 26.1 Å². The van der Waals surface area contributed by atoms with E-state index in [1.807, 2.05) is 0 Å². The van der Waals surface area contributed by atoms with Gasteiger partial charge in [-0.25, -0.2) is 5.84 Å². The van der Waals surface area contributed by atoms with Gasteiger partial charge in [0.25, 0.3) is 0 Å². The zero-order valence-electron chi connectivity index (χ0n) is 9.53. The molecule has 0 radical (unpaired) electrons. The Kier molecular flexibility index (Phi) is 5.01. The molecule has 0 aliphatic carbocycles. The van der Waals surface area contributed by atoms with Crippen molar-refractivity contribution in [1.82, 2.24) is 10.3 Å². The van der Waals surface area contributed by atoms with Gasteiger partial charge in [-0.05, 0) is 25.8 Å². The van der Waals surface area contributed by atoms with Crippen LogP contribution in [0.3, 0.4) is 0 Å². The molecule has 2 atom stereocenters. The molecule has 3 N–H and O–H groups in total. The molecule has 88 valence electrons. The summed E-state index contributed by atoms with van der Waals surface area (Å²) in [6.07, 6.45) is 1.62. The van der Waals surface area contributed by atoms with Crippen LogP contribution >= 0.6 is 0 Å². The van der Waals surface area contributed by atoms with Crippen LogP contribution in [0.2, 0.25) is 0 Å². The number of hydrogen-bond acceptors (Lipinski definition) is 4. The van der Waals surface area contributed by atoms with Gasteiger partial charge in [-0.3, -0.25) is 15.1 Å². The summed E-state index contributed by atoms with van der Waals surface area (Å²) >= 11 is 0. The Hall–Kier alpha value is -0.650. The monoisotopic (exact) mass is 215 g/mol. The SMILES string of the molecule is COCC1CCN(C(C)CC(=O)NN)C1. The lowest BCUT2D eigenvalue weighted by Crippen LogP contribution is -2.38.